The number of ether oxygens (including phenoxy) is 1. The Hall–Kier alpha value is -4.05. The number of nitrogens with one attached hydrogen (secondary N) is 1. The summed E-state index contributed by atoms with van der Waals surface area (Å²) in [4.78, 5) is 30.0. The van der Waals surface area contributed by atoms with Gasteiger partial charge in [-0.15, -0.1) is 0 Å². The highest BCUT2D eigenvalue weighted by Crippen LogP contribution is 2.30. The summed E-state index contributed by atoms with van der Waals surface area (Å²) >= 11 is 13.2. The highest BCUT2D eigenvalue weighted by Gasteiger charge is 2.36. The van der Waals surface area contributed by atoms with Crippen LogP contribution < -0.4 is 14.4 Å². The lowest BCUT2D eigenvalue weighted by atomic mass is 10.0. The topological polar surface area (TPSA) is 96.0 Å². The van der Waals surface area contributed by atoms with Gasteiger partial charge in [0.25, 0.3) is 10.0 Å². The number of nitrogens with zero attached hydrogens (tertiary/aromatic N) is 2. The molecule has 47 heavy (non-hydrogen) atoms. The zero-order chi connectivity index (χ0) is 34.4. The van der Waals surface area contributed by atoms with Crippen molar-refractivity contribution in [2.45, 2.75) is 57.1 Å². The van der Waals surface area contributed by atoms with E-state index in [0.717, 1.165) is 15.4 Å². The third kappa shape index (κ3) is 9.28. The van der Waals surface area contributed by atoms with Crippen LogP contribution in [-0.2, 0) is 32.6 Å². The van der Waals surface area contributed by atoms with Crippen LogP contribution in [0, 0.1) is 6.92 Å². The highest BCUT2D eigenvalue weighted by atomic mass is 35.5. The van der Waals surface area contributed by atoms with Crippen LogP contribution in [0.4, 0.5) is 5.69 Å². The average molecular weight is 697 g/mol. The number of anilines is 1. The van der Waals surface area contributed by atoms with Crippen molar-refractivity contribution in [1.82, 2.24) is 10.2 Å². The number of hydrogen-bond donors (Lipinski definition) is 1. The number of halogens is 2. The first-order valence-corrected chi connectivity index (χ1v) is 17.2. The van der Waals surface area contributed by atoms with Crippen molar-refractivity contribution in [1.29, 1.82) is 0 Å². The number of sulfonamides is 1. The number of aryl methyl sites for hydroxylation is 1. The number of methoxy groups -OCH3 is 1. The first kappa shape index (κ1) is 35.8. The fourth-order valence-corrected chi connectivity index (χ4v) is 6.91. The molecule has 4 aromatic carbocycles. The van der Waals surface area contributed by atoms with Crippen LogP contribution in [-0.4, -0.2) is 50.4 Å². The Bertz CT molecular complexity index is 1770. The molecule has 0 aromatic heterocycles. The lowest BCUT2D eigenvalue weighted by Crippen LogP contribution is -2.56. The number of carbonyl (C=O) groups is 2. The maximum absolute atomic E-state index is 14.6. The summed E-state index contributed by atoms with van der Waals surface area (Å²) in [7, 11) is -2.78. The van der Waals surface area contributed by atoms with E-state index >= 15 is 0 Å². The zero-order valence-corrected chi connectivity index (χ0v) is 29.4. The van der Waals surface area contributed by atoms with Crippen LogP contribution in [0.2, 0.25) is 10.0 Å². The van der Waals surface area contributed by atoms with Gasteiger partial charge < -0.3 is 15.0 Å². The molecule has 0 saturated carbocycles. The third-order valence-electron chi connectivity index (χ3n) is 7.41. The van der Waals surface area contributed by atoms with E-state index in [1.807, 2.05) is 58.0 Å². The van der Waals surface area contributed by atoms with Gasteiger partial charge in [-0.05, 0) is 81.8 Å². The van der Waals surface area contributed by atoms with Gasteiger partial charge in [-0.1, -0.05) is 77.3 Å². The number of carbonyl (C=O) groups excluding carboxylic acids is 2. The molecule has 4 aromatic rings. The summed E-state index contributed by atoms with van der Waals surface area (Å²) in [6, 6.07) is 26.0. The van der Waals surface area contributed by atoms with Crippen LogP contribution in [0.5, 0.6) is 5.75 Å². The molecular weight excluding hydrogens is 657 g/mol. The van der Waals surface area contributed by atoms with Crippen molar-refractivity contribution in [3.05, 3.63) is 124 Å². The Balaban J connectivity index is 1.85. The average Bonchev–Trinajstić information content (AvgIpc) is 3.02. The summed E-state index contributed by atoms with van der Waals surface area (Å²) in [5.74, 6) is -0.542. The molecule has 1 atom stereocenters. The molecule has 248 valence electrons. The molecular formula is C36H39Cl2N3O5S. The fourth-order valence-electron chi connectivity index (χ4n) is 4.98. The molecule has 0 fully saturated rings. The normalized spacial score (nSPS) is 12.2. The van der Waals surface area contributed by atoms with Gasteiger partial charge in [0.1, 0.15) is 18.3 Å². The quantitative estimate of drug-likeness (QED) is 0.171. The first-order chi connectivity index (χ1) is 22.2. The van der Waals surface area contributed by atoms with E-state index in [0.29, 0.717) is 21.4 Å². The van der Waals surface area contributed by atoms with Gasteiger partial charge >= 0.3 is 0 Å². The lowest BCUT2D eigenvalue weighted by Gasteiger charge is -2.35. The van der Waals surface area contributed by atoms with Crippen LogP contribution in [0.1, 0.15) is 37.5 Å². The highest BCUT2D eigenvalue weighted by molar-refractivity contribution is 7.92. The maximum atomic E-state index is 14.6. The number of amides is 2. The molecule has 11 heteroatoms. The van der Waals surface area contributed by atoms with Crippen molar-refractivity contribution in [2.75, 3.05) is 18.0 Å². The Morgan fingerprint density at radius 3 is 2.00 bits per heavy atom. The minimum absolute atomic E-state index is 0.0290. The summed E-state index contributed by atoms with van der Waals surface area (Å²) in [5, 5.41) is 3.63. The van der Waals surface area contributed by atoms with E-state index in [4.69, 9.17) is 27.9 Å². The van der Waals surface area contributed by atoms with E-state index in [1.54, 1.807) is 54.6 Å². The van der Waals surface area contributed by atoms with Gasteiger partial charge in [0, 0.05) is 34.1 Å². The van der Waals surface area contributed by atoms with Gasteiger partial charge in [0.15, 0.2) is 0 Å². The van der Waals surface area contributed by atoms with E-state index in [1.165, 1.54) is 24.1 Å². The Morgan fingerprint density at radius 1 is 0.851 bits per heavy atom. The largest absolute Gasteiger partial charge is 0.497 e. The van der Waals surface area contributed by atoms with Crippen molar-refractivity contribution in [3.8, 4) is 5.75 Å². The Kier molecular flexibility index (Phi) is 11.6. The minimum atomic E-state index is -4.27. The van der Waals surface area contributed by atoms with Crippen molar-refractivity contribution in [2.24, 2.45) is 0 Å². The van der Waals surface area contributed by atoms with E-state index < -0.39 is 40.0 Å². The number of hydrogen-bond acceptors (Lipinski definition) is 5. The van der Waals surface area contributed by atoms with Gasteiger partial charge in [-0.3, -0.25) is 13.9 Å². The Labute approximate surface area is 287 Å². The summed E-state index contributed by atoms with van der Waals surface area (Å²) in [6.07, 6.45) is 0.159. The smallest absolute Gasteiger partial charge is 0.264 e. The second-order valence-corrected chi connectivity index (χ2v) is 14.9. The number of rotatable bonds is 12. The van der Waals surface area contributed by atoms with Crippen LogP contribution in [0.25, 0.3) is 0 Å². The molecule has 4 rings (SSSR count). The molecule has 0 saturated heterocycles. The second-order valence-electron chi connectivity index (χ2n) is 12.2. The molecule has 0 heterocycles. The molecule has 0 spiro atoms. The molecule has 0 unspecified atom stereocenters. The van der Waals surface area contributed by atoms with E-state index in [2.05, 4.69) is 5.32 Å². The minimum Gasteiger partial charge on any atom is -0.497 e. The van der Waals surface area contributed by atoms with Crippen molar-refractivity contribution < 1.29 is 22.7 Å². The number of benzene rings is 4. The standard InChI is InChI=1S/C36H39Cl2N3O5S/c1-25-14-16-27(17-15-25)41(47(44,45)29-20-18-28(46-5)19-21-29)24-34(42)40(23-30-31(37)12-9-13-32(30)38)33(35(43)39-36(2,3)4)22-26-10-7-6-8-11-26/h6-21,33H,22-24H2,1-5H3,(H,39,43)/t33-/m1/s1. The summed E-state index contributed by atoms with van der Waals surface area (Å²) < 4.78 is 34.7. The van der Waals surface area contributed by atoms with Crippen molar-refractivity contribution >= 4 is 50.7 Å². The third-order valence-corrected chi connectivity index (χ3v) is 9.90. The van der Waals surface area contributed by atoms with Crippen LogP contribution in [0.15, 0.2) is 102 Å². The SMILES string of the molecule is COc1ccc(S(=O)(=O)N(CC(=O)N(Cc2c(Cl)cccc2Cl)[C@H](Cc2ccccc2)C(=O)NC(C)(C)C)c2ccc(C)cc2)cc1. The van der Waals surface area contributed by atoms with Gasteiger partial charge in [-0.2, -0.15) is 0 Å². The van der Waals surface area contributed by atoms with Crippen LogP contribution >= 0.6 is 23.2 Å². The molecule has 0 aliphatic carbocycles. The first-order valence-electron chi connectivity index (χ1n) is 15.0. The van der Waals surface area contributed by atoms with Crippen LogP contribution in [0.3, 0.4) is 0 Å². The van der Waals surface area contributed by atoms with Gasteiger partial charge in [0.05, 0.1) is 17.7 Å². The predicted octanol–water partition coefficient (Wildman–Crippen LogP) is 7.06. The molecule has 0 radical (unpaired) electrons. The van der Waals surface area contributed by atoms with Gasteiger partial charge in [-0.25, -0.2) is 8.42 Å². The molecule has 0 bridgehead atoms. The Morgan fingerprint density at radius 2 is 1.45 bits per heavy atom. The van der Waals surface area contributed by atoms with E-state index in [-0.39, 0.29) is 23.5 Å². The molecule has 0 aliphatic heterocycles. The van der Waals surface area contributed by atoms with Gasteiger partial charge in [0.2, 0.25) is 11.8 Å². The maximum Gasteiger partial charge on any atom is 0.264 e. The lowest BCUT2D eigenvalue weighted by molar-refractivity contribution is -0.140. The molecule has 0 aliphatic rings. The molecule has 8 nitrogen and oxygen atoms in total. The fraction of sp³-hybridized carbons (Fsp3) is 0.278. The summed E-state index contributed by atoms with van der Waals surface area (Å²) in [5.41, 5.74) is 1.83. The molecule has 1 N–H and O–H groups in total. The summed E-state index contributed by atoms with van der Waals surface area (Å²) in [6.45, 7) is 6.69. The molecule has 2 amide bonds. The predicted molar refractivity (Wildman–Crippen MR) is 188 cm³/mol. The van der Waals surface area contributed by atoms with E-state index in [9.17, 15) is 18.0 Å². The monoisotopic (exact) mass is 695 g/mol. The zero-order valence-electron chi connectivity index (χ0n) is 27.0. The van der Waals surface area contributed by atoms with Crippen molar-refractivity contribution in [3.63, 3.8) is 0 Å². The second kappa shape index (κ2) is 15.2.